The summed E-state index contributed by atoms with van der Waals surface area (Å²) in [6, 6.07) is 0. The number of rotatable bonds is 2. The van der Waals surface area contributed by atoms with E-state index in [1.807, 2.05) is 13.8 Å². The van der Waals surface area contributed by atoms with E-state index >= 15 is 0 Å². The average molecular weight is 194 g/mol. The number of carbonyl (C=O) groups excluding carboxylic acids is 1. The first kappa shape index (κ1) is 11.5. The summed E-state index contributed by atoms with van der Waals surface area (Å²) < 4.78 is 0. The molecule has 0 spiro atoms. The molecule has 0 aromatic carbocycles. The molecule has 1 saturated carbocycles. The Morgan fingerprint density at radius 3 is 1.86 bits per heavy atom. The molecule has 0 N–H and O–H groups in total. The topological polar surface area (TPSA) is 17.1 Å². The number of ketones is 1. The van der Waals surface area contributed by atoms with E-state index in [1.54, 1.807) is 6.92 Å². The number of Topliss-reactive ketones (excluding diaryl/α,β-unsaturated/α-hetero) is 1. The molecule has 0 heterocycles. The van der Waals surface area contributed by atoms with Gasteiger partial charge in [0, 0.05) is 6.42 Å². The lowest BCUT2D eigenvalue weighted by Crippen LogP contribution is -1.95. The van der Waals surface area contributed by atoms with Crippen LogP contribution in [0.3, 0.4) is 0 Å². The van der Waals surface area contributed by atoms with Gasteiger partial charge in [-0.05, 0) is 43.9 Å². The van der Waals surface area contributed by atoms with Gasteiger partial charge in [0.05, 0.1) is 0 Å². The van der Waals surface area contributed by atoms with Gasteiger partial charge in [-0.1, -0.05) is 26.0 Å². The van der Waals surface area contributed by atoms with E-state index in [0.29, 0.717) is 5.92 Å². The first-order valence-electron chi connectivity index (χ1n) is 5.75. The molecule has 2 unspecified atom stereocenters. The highest BCUT2D eigenvalue weighted by molar-refractivity contribution is 5.75. The number of carbonyl (C=O) groups is 1. The van der Waals surface area contributed by atoms with Gasteiger partial charge in [-0.15, -0.1) is 0 Å². The molecule has 1 fully saturated rings. The van der Waals surface area contributed by atoms with E-state index in [9.17, 15) is 4.79 Å². The summed E-state index contributed by atoms with van der Waals surface area (Å²) in [5, 5.41) is 0. The molecule has 14 heavy (non-hydrogen) atoms. The maximum Gasteiger partial charge on any atom is 0.130 e. The van der Waals surface area contributed by atoms with Crippen molar-refractivity contribution < 1.29 is 4.79 Å². The van der Waals surface area contributed by atoms with Crippen molar-refractivity contribution in [2.45, 2.75) is 46.5 Å². The molecule has 2 rings (SSSR count). The van der Waals surface area contributed by atoms with E-state index in [-0.39, 0.29) is 5.78 Å². The van der Waals surface area contributed by atoms with E-state index in [2.05, 4.69) is 12.2 Å². The second-order valence-corrected chi connectivity index (χ2v) is 5.02. The van der Waals surface area contributed by atoms with Crippen LogP contribution in [-0.4, -0.2) is 5.78 Å². The van der Waals surface area contributed by atoms with Crippen molar-refractivity contribution in [1.29, 1.82) is 0 Å². The Morgan fingerprint density at radius 2 is 1.79 bits per heavy atom. The summed E-state index contributed by atoms with van der Waals surface area (Å²) in [7, 11) is 0. The first-order valence-corrected chi connectivity index (χ1v) is 5.75. The molecule has 2 atom stereocenters. The van der Waals surface area contributed by atoms with Crippen LogP contribution in [0.15, 0.2) is 12.2 Å². The van der Waals surface area contributed by atoms with Crippen LogP contribution in [-0.2, 0) is 4.79 Å². The van der Waals surface area contributed by atoms with Crippen molar-refractivity contribution in [2.75, 3.05) is 0 Å². The highest BCUT2D eigenvalue weighted by Crippen LogP contribution is 2.38. The lowest BCUT2D eigenvalue weighted by molar-refractivity contribution is -0.117. The summed E-state index contributed by atoms with van der Waals surface area (Å²) in [5.74, 6) is 2.79. The van der Waals surface area contributed by atoms with E-state index in [4.69, 9.17) is 0 Å². The largest absolute Gasteiger partial charge is 0.300 e. The van der Waals surface area contributed by atoms with Gasteiger partial charge in [-0.3, -0.25) is 0 Å². The van der Waals surface area contributed by atoms with Crippen LogP contribution in [0.4, 0.5) is 0 Å². The van der Waals surface area contributed by atoms with Gasteiger partial charge in [0.1, 0.15) is 5.78 Å². The predicted octanol–water partition coefficient (Wildman–Crippen LogP) is 3.59. The van der Waals surface area contributed by atoms with Crippen molar-refractivity contribution in [2.24, 2.45) is 17.8 Å². The molecule has 2 aliphatic rings. The molecule has 2 aliphatic carbocycles. The molecule has 0 aromatic heterocycles. The summed E-state index contributed by atoms with van der Waals surface area (Å²) >= 11 is 0. The summed E-state index contributed by atoms with van der Waals surface area (Å²) in [6.07, 6.45) is 9.91. The highest BCUT2D eigenvalue weighted by Gasteiger charge is 2.25. The Kier molecular flexibility index (Phi) is 4.37. The molecule has 2 bridgehead atoms. The van der Waals surface area contributed by atoms with Crippen LogP contribution in [0.5, 0.6) is 0 Å². The number of hydrogen-bond donors (Lipinski definition) is 0. The van der Waals surface area contributed by atoms with Gasteiger partial charge in [-0.25, -0.2) is 0 Å². The van der Waals surface area contributed by atoms with Crippen LogP contribution in [0.25, 0.3) is 0 Å². The lowest BCUT2D eigenvalue weighted by Gasteiger charge is -1.96. The predicted molar refractivity (Wildman–Crippen MR) is 60.1 cm³/mol. The highest BCUT2D eigenvalue weighted by atomic mass is 16.1. The molecule has 0 aliphatic heterocycles. The zero-order valence-electron chi connectivity index (χ0n) is 9.62. The third-order valence-corrected chi connectivity index (χ3v) is 2.86. The minimum Gasteiger partial charge on any atom is -0.300 e. The Hall–Kier alpha value is -0.590. The SMILES string of the molecule is C1=CC2CCC1C2.CC(=O)CC(C)C. The Balaban J connectivity index is 0.000000140. The molecule has 0 amide bonds. The van der Waals surface area contributed by atoms with Gasteiger partial charge >= 0.3 is 0 Å². The molecule has 1 heteroatoms. The summed E-state index contributed by atoms with van der Waals surface area (Å²) in [5.41, 5.74) is 0. The zero-order chi connectivity index (χ0) is 10.6. The molecule has 0 radical (unpaired) electrons. The maximum absolute atomic E-state index is 10.3. The van der Waals surface area contributed by atoms with E-state index in [1.165, 1.54) is 19.3 Å². The normalized spacial score (nSPS) is 27.7. The van der Waals surface area contributed by atoms with Gasteiger partial charge < -0.3 is 4.79 Å². The van der Waals surface area contributed by atoms with E-state index in [0.717, 1.165) is 18.3 Å². The van der Waals surface area contributed by atoms with Gasteiger partial charge in [-0.2, -0.15) is 0 Å². The Morgan fingerprint density at radius 1 is 1.29 bits per heavy atom. The average Bonchev–Trinajstić information content (AvgIpc) is 2.63. The fourth-order valence-electron chi connectivity index (χ4n) is 2.29. The summed E-state index contributed by atoms with van der Waals surface area (Å²) in [6.45, 7) is 5.71. The Bertz CT molecular complexity index is 203. The first-order chi connectivity index (χ1) is 6.58. The van der Waals surface area contributed by atoms with Crippen LogP contribution in [0.2, 0.25) is 0 Å². The fourth-order valence-corrected chi connectivity index (χ4v) is 2.29. The summed E-state index contributed by atoms with van der Waals surface area (Å²) in [4.78, 5) is 10.3. The Labute approximate surface area is 87.6 Å². The van der Waals surface area contributed by atoms with Gasteiger partial charge in [0.15, 0.2) is 0 Å². The molecular weight excluding hydrogens is 172 g/mol. The monoisotopic (exact) mass is 194 g/mol. The molecule has 0 aromatic rings. The quantitative estimate of drug-likeness (QED) is 0.614. The van der Waals surface area contributed by atoms with Crippen molar-refractivity contribution in [3.8, 4) is 0 Å². The second kappa shape index (κ2) is 5.33. The van der Waals surface area contributed by atoms with Crippen LogP contribution >= 0.6 is 0 Å². The van der Waals surface area contributed by atoms with Crippen molar-refractivity contribution >= 4 is 5.78 Å². The smallest absolute Gasteiger partial charge is 0.130 e. The third-order valence-electron chi connectivity index (χ3n) is 2.86. The molecule has 1 nitrogen and oxygen atoms in total. The minimum absolute atomic E-state index is 0.287. The van der Waals surface area contributed by atoms with Crippen molar-refractivity contribution in [1.82, 2.24) is 0 Å². The number of hydrogen-bond acceptors (Lipinski definition) is 1. The van der Waals surface area contributed by atoms with Crippen LogP contribution in [0, 0.1) is 17.8 Å². The van der Waals surface area contributed by atoms with Crippen LogP contribution in [0.1, 0.15) is 46.5 Å². The maximum atomic E-state index is 10.3. The van der Waals surface area contributed by atoms with Crippen LogP contribution < -0.4 is 0 Å². The van der Waals surface area contributed by atoms with E-state index < -0.39 is 0 Å². The molecule has 0 saturated heterocycles. The third kappa shape index (κ3) is 4.08. The molecule has 80 valence electrons. The van der Waals surface area contributed by atoms with Gasteiger partial charge in [0.2, 0.25) is 0 Å². The number of allylic oxidation sites excluding steroid dienone is 2. The van der Waals surface area contributed by atoms with Crippen molar-refractivity contribution in [3.05, 3.63) is 12.2 Å². The second-order valence-electron chi connectivity index (χ2n) is 5.02. The molecular formula is C13H22O. The zero-order valence-corrected chi connectivity index (χ0v) is 9.62. The fraction of sp³-hybridized carbons (Fsp3) is 0.769. The number of fused-ring (bicyclic) bond motifs is 2. The van der Waals surface area contributed by atoms with Crippen molar-refractivity contribution in [3.63, 3.8) is 0 Å². The lowest BCUT2D eigenvalue weighted by atomic mass is 10.1. The van der Waals surface area contributed by atoms with Gasteiger partial charge in [0.25, 0.3) is 0 Å². The standard InChI is InChI=1S/C7H10.C6H12O/c1-2-7-4-3-6(1)5-7;1-5(2)4-6(3)7/h1-2,6-7H,3-5H2;5H,4H2,1-3H3. The minimum atomic E-state index is 0.287.